The van der Waals surface area contributed by atoms with Crippen molar-refractivity contribution in [2.75, 3.05) is 5.75 Å². The van der Waals surface area contributed by atoms with Crippen LogP contribution in [0, 0.1) is 5.92 Å². The van der Waals surface area contributed by atoms with E-state index in [1.165, 1.54) is 16.5 Å². The minimum absolute atomic E-state index is 0.0931. The molecule has 0 aliphatic rings. The predicted molar refractivity (Wildman–Crippen MR) is 92.0 cm³/mol. The van der Waals surface area contributed by atoms with Gasteiger partial charge in [-0.15, -0.1) is 11.3 Å². The largest absolute Gasteiger partial charge is 0.353 e. The number of benzene rings is 1. The number of nitrogens with one attached hydrogen (secondary N) is 1. The number of aromatic nitrogens is 1. The summed E-state index contributed by atoms with van der Waals surface area (Å²) in [5.74, 6) is 1.21. The number of thiazole rings is 1. The van der Waals surface area contributed by atoms with Crippen LogP contribution in [-0.4, -0.2) is 22.7 Å². The fraction of sp³-hybridized carbons (Fsp3) is 0.500. The average Bonchev–Trinajstić information content (AvgIpc) is 2.86. The molecule has 0 fully saturated rings. The summed E-state index contributed by atoms with van der Waals surface area (Å²) in [7, 11) is 0. The van der Waals surface area contributed by atoms with E-state index in [-0.39, 0.29) is 11.9 Å². The number of fused-ring (bicyclic) bond motifs is 1. The first-order chi connectivity index (χ1) is 10.0. The van der Waals surface area contributed by atoms with E-state index in [4.69, 9.17) is 0 Å². The Morgan fingerprint density at radius 2 is 2.05 bits per heavy atom. The van der Waals surface area contributed by atoms with Crippen LogP contribution in [0.2, 0.25) is 0 Å². The van der Waals surface area contributed by atoms with Crippen LogP contribution in [0.1, 0.15) is 33.6 Å². The zero-order valence-corrected chi connectivity index (χ0v) is 14.4. The molecule has 0 bridgehead atoms. The van der Waals surface area contributed by atoms with Gasteiger partial charge in [0.25, 0.3) is 0 Å². The summed E-state index contributed by atoms with van der Waals surface area (Å²) < 4.78 is 2.13. The van der Waals surface area contributed by atoms with Crippen molar-refractivity contribution in [2.24, 2.45) is 5.92 Å². The van der Waals surface area contributed by atoms with Gasteiger partial charge in [-0.2, -0.15) is 0 Å². The topological polar surface area (TPSA) is 42.0 Å². The second kappa shape index (κ2) is 7.80. The lowest BCUT2D eigenvalue weighted by Crippen LogP contribution is -2.33. The molecule has 0 spiro atoms. The Labute approximate surface area is 134 Å². The number of thioether (sulfide) groups is 1. The molecule has 0 aliphatic heterocycles. The van der Waals surface area contributed by atoms with Crippen LogP contribution in [0.4, 0.5) is 0 Å². The van der Waals surface area contributed by atoms with Gasteiger partial charge in [0.05, 0.1) is 16.0 Å². The molecular formula is C16H22N2OS2. The predicted octanol–water partition coefficient (Wildman–Crippen LogP) is 4.33. The van der Waals surface area contributed by atoms with E-state index in [9.17, 15) is 4.79 Å². The molecule has 1 aromatic carbocycles. The fourth-order valence-corrected chi connectivity index (χ4v) is 3.89. The number of carbonyl (C=O) groups excluding carboxylic acids is 1. The van der Waals surface area contributed by atoms with Gasteiger partial charge in [-0.1, -0.05) is 37.7 Å². The van der Waals surface area contributed by atoms with Crippen molar-refractivity contribution in [3.8, 4) is 0 Å². The van der Waals surface area contributed by atoms with E-state index in [1.807, 2.05) is 18.2 Å². The number of carbonyl (C=O) groups is 1. The third-order valence-electron chi connectivity index (χ3n) is 3.19. The van der Waals surface area contributed by atoms with Gasteiger partial charge < -0.3 is 5.32 Å². The van der Waals surface area contributed by atoms with Crippen LogP contribution in [0.25, 0.3) is 10.2 Å². The quantitative estimate of drug-likeness (QED) is 0.772. The van der Waals surface area contributed by atoms with Gasteiger partial charge >= 0.3 is 0 Å². The lowest BCUT2D eigenvalue weighted by atomic mass is 10.0. The lowest BCUT2D eigenvalue weighted by molar-refractivity contribution is -0.119. The van der Waals surface area contributed by atoms with Gasteiger partial charge in [0.1, 0.15) is 0 Å². The maximum absolute atomic E-state index is 11.9. The highest BCUT2D eigenvalue weighted by atomic mass is 32.2. The van der Waals surface area contributed by atoms with E-state index in [2.05, 4.69) is 37.1 Å². The zero-order chi connectivity index (χ0) is 15.2. The smallest absolute Gasteiger partial charge is 0.230 e. The summed E-state index contributed by atoms with van der Waals surface area (Å²) in [6.07, 6.45) is 2.18. The molecule has 0 saturated heterocycles. The highest BCUT2D eigenvalue weighted by Gasteiger charge is 2.10. The van der Waals surface area contributed by atoms with Crippen molar-refractivity contribution in [1.29, 1.82) is 0 Å². The van der Waals surface area contributed by atoms with Gasteiger partial charge in [0.2, 0.25) is 5.91 Å². The van der Waals surface area contributed by atoms with Crippen molar-refractivity contribution < 1.29 is 4.79 Å². The Bertz CT molecular complexity index is 562. The Morgan fingerprint density at radius 1 is 1.29 bits per heavy atom. The highest BCUT2D eigenvalue weighted by molar-refractivity contribution is 8.01. The van der Waals surface area contributed by atoms with Crippen LogP contribution in [-0.2, 0) is 4.79 Å². The average molecular weight is 322 g/mol. The SMILES string of the molecule is CC(C)CCC(C)NC(=O)CSc1nc2ccccc2s1. The number of rotatable bonds is 7. The molecule has 1 atom stereocenters. The number of amides is 1. The normalized spacial score (nSPS) is 12.8. The molecule has 1 unspecified atom stereocenters. The Morgan fingerprint density at radius 3 is 2.76 bits per heavy atom. The first kappa shape index (κ1) is 16.3. The van der Waals surface area contributed by atoms with E-state index < -0.39 is 0 Å². The molecule has 3 nitrogen and oxygen atoms in total. The maximum atomic E-state index is 11.9. The first-order valence-electron chi connectivity index (χ1n) is 7.32. The molecular weight excluding hydrogens is 300 g/mol. The molecule has 1 aromatic heterocycles. The minimum Gasteiger partial charge on any atom is -0.353 e. The van der Waals surface area contributed by atoms with Gasteiger partial charge in [-0.3, -0.25) is 4.79 Å². The molecule has 1 heterocycles. The number of hydrogen-bond donors (Lipinski definition) is 1. The molecule has 5 heteroatoms. The van der Waals surface area contributed by atoms with Crippen molar-refractivity contribution in [3.05, 3.63) is 24.3 Å². The standard InChI is InChI=1S/C16H22N2OS2/c1-11(2)8-9-12(3)17-15(19)10-20-16-18-13-6-4-5-7-14(13)21-16/h4-7,11-12H,8-10H2,1-3H3,(H,17,19). The molecule has 2 aromatic rings. The second-order valence-electron chi connectivity index (χ2n) is 5.68. The molecule has 0 aliphatic carbocycles. The van der Waals surface area contributed by atoms with Gasteiger partial charge in [0.15, 0.2) is 4.34 Å². The third-order valence-corrected chi connectivity index (χ3v) is 5.36. The summed E-state index contributed by atoms with van der Waals surface area (Å²) in [6.45, 7) is 6.48. The summed E-state index contributed by atoms with van der Waals surface area (Å²) >= 11 is 3.16. The Kier molecular flexibility index (Phi) is 6.06. The summed E-state index contributed by atoms with van der Waals surface area (Å²) in [5, 5.41) is 3.06. The van der Waals surface area contributed by atoms with Gasteiger partial charge in [-0.05, 0) is 37.8 Å². The van der Waals surface area contributed by atoms with Crippen LogP contribution in [0.3, 0.4) is 0 Å². The Hall–Kier alpha value is -1.07. The Balaban J connectivity index is 1.78. The lowest BCUT2D eigenvalue weighted by Gasteiger charge is -2.14. The van der Waals surface area contributed by atoms with Crippen LogP contribution < -0.4 is 5.32 Å². The first-order valence-corrected chi connectivity index (χ1v) is 9.12. The van der Waals surface area contributed by atoms with E-state index in [1.54, 1.807) is 11.3 Å². The molecule has 21 heavy (non-hydrogen) atoms. The van der Waals surface area contributed by atoms with Crippen molar-refractivity contribution >= 4 is 39.2 Å². The summed E-state index contributed by atoms with van der Waals surface area (Å²) in [6, 6.07) is 8.31. The number of para-hydroxylation sites is 1. The molecule has 1 N–H and O–H groups in total. The number of hydrogen-bond acceptors (Lipinski definition) is 4. The summed E-state index contributed by atoms with van der Waals surface area (Å²) in [5.41, 5.74) is 1.01. The number of nitrogens with zero attached hydrogens (tertiary/aromatic N) is 1. The molecule has 2 rings (SSSR count). The van der Waals surface area contributed by atoms with Crippen LogP contribution in [0.5, 0.6) is 0 Å². The second-order valence-corrected chi connectivity index (χ2v) is 7.93. The van der Waals surface area contributed by atoms with E-state index in [0.717, 1.165) is 22.7 Å². The molecule has 114 valence electrons. The van der Waals surface area contributed by atoms with Crippen LogP contribution in [0.15, 0.2) is 28.6 Å². The van der Waals surface area contributed by atoms with Crippen molar-refractivity contribution in [3.63, 3.8) is 0 Å². The zero-order valence-electron chi connectivity index (χ0n) is 12.8. The van der Waals surface area contributed by atoms with Crippen molar-refractivity contribution in [1.82, 2.24) is 10.3 Å². The molecule has 0 saturated carbocycles. The molecule has 0 radical (unpaired) electrons. The minimum atomic E-state index is 0.0931. The summed E-state index contributed by atoms with van der Waals surface area (Å²) in [4.78, 5) is 16.5. The monoisotopic (exact) mass is 322 g/mol. The fourth-order valence-electron chi connectivity index (χ4n) is 2.01. The van der Waals surface area contributed by atoms with E-state index in [0.29, 0.717) is 11.7 Å². The van der Waals surface area contributed by atoms with Gasteiger partial charge in [-0.25, -0.2) is 4.98 Å². The van der Waals surface area contributed by atoms with E-state index >= 15 is 0 Å². The molecule has 1 amide bonds. The highest BCUT2D eigenvalue weighted by Crippen LogP contribution is 2.29. The van der Waals surface area contributed by atoms with Crippen LogP contribution >= 0.6 is 23.1 Å². The maximum Gasteiger partial charge on any atom is 0.230 e. The third kappa shape index (κ3) is 5.32. The van der Waals surface area contributed by atoms with Gasteiger partial charge in [0, 0.05) is 6.04 Å². The van der Waals surface area contributed by atoms with Crippen molar-refractivity contribution in [2.45, 2.75) is 44.0 Å².